The Morgan fingerprint density at radius 2 is 2.06 bits per heavy atom. The molecule has 0 radical (unpaired) electrons. The number of nitrogens with two attached hydrogens (primary N) is 2. The number of rotatable bonds is 4. The molecule has 4 N–H and O–H groups in total. The molecule has 1 aliphatic carbocycles. The minimum absolute atomic E-state index is 0.0359. The van der Waals surface area contributed by atoms with Crippen LogP contribution in [0.15, 0.2) is 6.07 Å². The van der Waals surface area contributed by atoms with Crippen molar-refractivity contribution in [3.8, 4) is 0 Å². The van der Waals surface area contributed by atoms with E-state index in [1.165, 1.54) is 25.3 Å². The number of hydrogen-bond acceptors (Lipinski definition) is 3. The molecule has 1 saturated carbocycles. The van der Waals surface area contributed by atoms with Gasteiger partial charge in [0.05, 0.1) is 17.1 Å². The smallest absolute Gasteiger partial charge is 0.169 e. The Morgan fingerprint density at radius 3 is 2.56 bits per heavy atom. The summed E-state index contributed by atoms with van der Waals surface area (Å²) >= 11 is 5.86. The Kier molecular flexibility index (Phi) is 3.85. The van der Waals surface area contributed by atoms with Gasteiger partial charge in [-0.05, 0) is 31.7 Å². The van der Waals surface area contributed by atoms with Gasteiger partial charge in [-0.2, -0.15) is 0 Å². The van der Waals surface area contributed by atoms with Gasteiger partial charge in [0.15, 0.2) is 5.82 Å². The van der Waals surface area contributed by atoms with Crippen LogP contribution in [0.2, 0.25) is 5.02 Å². The maximum absolute atomic E-state index is 14.2. The fourth-order valence-corrected chi connectivity index (χ4v) is 2.49. The Bertz CT molecular complexity index is 446. The highest BCUT2D eigenvalue weighted by molar-refractivity contribution is 6.33. The van der Waals surface area contributed by atoms with E-state index in [-0.39, 0.29) is 10.7 Å². The zero-order valence-electron chi connectivity index (χ0n) is 10.5. The molecule has 0 unspecified atom stereocenters. The molecule has 0 aliphatic heterocycles. The molecule has 0 aromatic heterocycles. The van der Waals surface area contributed by atoms with Crippen LogP contribution in [0.4, 0.5) is 21.5 Å². The molecule has 3 nitrogen and oxygen atoms in total. The minimum Gasteiger partial charge on any atom is -0.397 e. The lowest BCUT2D eigenvalue weighted by molar-refractivity contribution is 0.318. The minimum atomic E-state index is -0.504. The fraction of sp³-hybridized carbons (Fsp3) is 0.538. The summed E-state index contributed by atoms with van der Waals surface area (Å²) in [6, 6.07) is 1.53. The zero-order valence-corrected chi connectivity index (χ0v) is 11.3. The van der Waals surface area contributed by atoms with Crippen LogP contribution in [-0.2, 0) is 0 Å². The monoisotopic (exact) mass is 271 g/mol. The van der Waals surface area contributed by atoms with Crippen molar-refractivity contribution in [2.75, 3.05) is 29.5 Å². The van der Waals surface area contributed by atoms with E-state index in [1.807, 2.05) is 11.8 Å². The maximum Gasteiger partial charge on any atom is 0.169 e. The van der Waals surface area contributed by atoms with Crippen molar-refractivity contribution in [3.05, 3.63) is 16.9 Å². The van der Waals surface area contributed by atoms with Crippen molar-refractivity contribution in [1.82, 2.24) is 0 Å². The second-order valence-electron chi connectivity index (χ2n) is 4.87. The number of nitrogen functional groups attached to an aromatic ring is 2. The van der Waals surface area contributed by atoms with Gasteiger partial charge < -0.3 is 16.4 Å². The largest absolute Gasteiger partial charge is 0.397 e. The lowest BCUT2D eigenvalue weighted by Gasteiger charge is -2.34. The van der Waals surface area contributed by atoms with Gasteiger partial charge in [-0.25, -0.2) is 4.39 Å². The first-order valence-electron chi connectivity index (χ1n) is 6.32. The summed E-state index contributed by atoms with van der Waals surface area (Å²) in [7, 11) is 0. The van der Waals surface area contributed by atoms with E-state index < -0.39 is 5.82 Å². The van der Waals surface area contributed by atoms with Crippen molar-refractivity contribution in [1.29, 1.82) is 0 Å². The van der Waals surface area contributed by atoms with E-state index in [2.05, 4.69) is 0 Å². The second-order valence-corrected chi connectivity index (χ2v) is 5.25. The van der Waals surface area contributed by atoms with Crippen LogP contribution >= 0.6 is 11.6 Å². The SMILES string of the molecule is CCN(CC1CCC1)c1c(N)cc(N)c(Cl)c1F. The molecular formula is C13H19ClFN3. The number of nitrogens with zero attached hydrogens (tertiary/aromatic N) is 1. The number of hydrogen-bond donors (Lipinski definition) is 2. The summed E-state index contributed by atoms with van der Waals surface area (Å²) in [6.45, 7) is 3.53. The van der Waals surface area contributed by atoms with Gasteiger partial charge in [-0.1, -0.05) is 18.0 Å². The molecule has 0 saturated heterocycles. The Balaban J connectivity index is 2.31. The first-order chi connectivity index (χ1) is 8.54. The summed E-state index contributed by atoms with van der Waals surface area (Å²) in [5, 5.41) is -0.0359. The van der Waals surface area contributed by atoms with Crippen LogP contribution in [0.25, 0.3) is 0 Å². The predicted octanol–water partition coefficient (Wildman–Crippen LogP) is 3.27. The van der Waals surface area contributed by atoms with Crippen molar-refractivity contribution >= 4 is 28.7 Å². The first kappa shape index (κ1) is 13.3. The average Bonchev–Trinajstić information content (AvgIpc) is 2.28. The summed E-state index contributed by atoms with van der Waals surface area (Å²) in [6.07, 6.45) is 3.68. The predicted molar refractivity (Wildman–Crippen MR) is 75.5 cm³/mol. The topological polar surface area (TPSA) is 55.3 Å². The highest BCUT2D eigenvalue weighted by Crippen LogP contribution is 2.37. The van der Waals surface area contributed by atoms with E-state index in [1.54, 1.807) is 0 Å². The third-order valence-corrected chi connectivity index (χ3v) is 4.02. The number of benzene rings is 1. The van der Waals surface area contributed by atoms with Gasteiger partial charge in [0, 0.05) is 13.1 Å². The molecule has 0 spiro atoms. The fourth-order valence-electron chi connectivity index (χ4n) is 2.34. The van der Waals surface area contributed by atoms with E-state index in [4.69, 9.17) is 23.1 Å². The Hall–Kier alpha value is -1.16. The molecule has 18 heavy (non-hydrogen) atoms. The molecule has 5 heteroatoms. The van der Waals surface area contributed by atoms with Crippen LogP contribution in [-0.4, -0.2) is 13.1 Å². The van der Waals surface area contributed by atoms with Crippen LogP contribution in [0.1, 0.15) is 26.2 Å². The third-order valence-electron chi connectivity index (χ3n) is 3.64. The van der Waals surface area contributed by atoms with E-state index in [9.17, 15) is 4.39 Å². The molecule has 0 amide bonds. The Labute approximate surface area is 112 Å². The van der Waals surface area contributed by atoms with Crippen molar-refractivity contribution in [2.45, 2.75) is 26.2 Å². The normalized spacial score (nSPS) is 15.5. The van der Waals surface area contributed by atoms with E-state index in [0.29, 0.717) is 23.8 Å². The molecule has 0 heterocycles. The molecule has 0 atom stereocenters. The van der Waals surface area contributed by atoms with Gasteiger partial charge in [-0.3, -0.25) is 0 Å². The average molecular weight is 272 g/mol. The van der Waals surface area contributed by atoms with Gasteiger partial charge in [-0.15, -0.1) is 0 Å². The first-order valence-corrected chi connectivity index (χ1v) is 6.70. The molecule has 100 valence electrons. The quantitative estimate of drug-likeness (QED) is 0.827. The molecule has 1 aromatic carbocycles. The summed E-state index contributed by atoms with van der Waals surface area (Å²) in [5.74, 6) is 0.135. The Morgan fingerprint density at radius 1 is 1.39 bits per heavy atom. The lowest BCUT2D eigenvalue weighted by atomic mass is 9.85. The maximum atomic E-state index is 14.2. The van der Waals surface area contributed by atoms with Crippen LogP contribution < -0.4 is 16.4 Å². The number of halogens is 2. The lowest BCUT2D eigenvalue weighted by Crippen LogP contribution is -2.33. The summed E-state index contributed by atoms with van der Waals surface area (Å²) in [4.78, 5) is 1.96. The molecule has 1 aromatic rings. The zero-order chi connectivity index (χ0) is 13.3. The molecule has 0 bridgehead atoms. The van der Waals surface area contributed by atoms with Crippen LogP contribution in [0.3, 0.4) is 0 Å². The standard InChI is InChI=1S/C13H19ClFN3/c1-2-18(7-8-4-3-5-8)13-10(17)6-9(16)11(14)12(13)15/h6,8H,2-5,7,16-17H2,1H3. The molecule has 1 aliphatic rings. The molecule has 2 rings (SSSR count). The molecular weight excluding hydrogens is 253 g/mol. The molecule has 1 fully saturated rings. The van der Waals surface area contributed by atoms with Gasteiger partial charge in [0.2, 0.25) is 0 Å². The highest BCUT2D eigenvalue weighted by atomic mass is 35.5. The van der Waals surface area contributed by atoms with Crippen LogP contribution in [0.5, 0.6) is 0 Å². The number of anilines is 3. The van der Waals surface area contributed by atoms with Gasteiger partial charge in [0.1, 0.15) is 5.02 Å². The van der Waals surface area contributed by atoms with Crippen LogP contribution in [0, 0.1) is 11.7 Å². The van der Waals surface area contributed by atoms with Gasteiger partial charge >= 0.3 is 0 Å². The van der Waals surface area contributed by atoms with E-state index in [0.717, 1.165) is 6.54 Å². The highest BCUT2D eigenvalue weighted by Gasteiger charge is 2.24. The summed E-state index contributed by atoms with van der Waals surface area (Å²) in [5.41, 5.74) is 12.4. The summed E-state index contributed by atoms with van der Waals surface area (Å²) < 4.78 is 14.2. The van der Waals surface area contributed by atoms with Crippen molar-refractivity contribution < 1.29 is 4.39 Å². The van der Waals surface area contributed by atoms with Crippen molar-refractivity contribution in [3.63, 3.8) is 0 Å². The second kappa shape index (κ2) is 5.22. The van der Waals surface area contributed by atoms with E-state index >= 15 is 0 Å². The van der Waals surface area contributed by atoms with Crippen molar-refractivity contribution in [2.24, 2.45) is 5.92 Å². The third kappa shape index (κ3) is 2.34. The van der Waals surface area contributed by atoms with Gasteiger partial charge in [0.25, 0.3) is 0 Å².